The van der Waals surface area contributed by atoms with Gasteiger partial charge < -0.3 is 44.5 Å². The second-order valence-corrected chi connectivity index (χ2v) is 5.71. The normalized spacial score (nSPS) is 53.5. The van der Waals surface area contributed by atoms with E-state index >= 15 is 0 Å². The Morgan fingerprint density at radius 3 is 1.73 bits per heavy atom. The number of methoxy groups -OCH3 is 1. The third-order valence-corrected chi connectivity index (χ3v) is 4.12. The molecule has 0 unspecified atom stereocenters. The van der Waals surface area contributed by atoms with Gasteiger partial charge in [0.05, 0.1) is 12.2 Å². The summed E-state index contributed by atoms with van der Waals surface area (Å²) < 4.78 is 21.2. The molecule has 130 valence electrons. The second-order valence-electron chi connectivity index (χ2n) is 5.71. The zero-order valence-electron chi connectivity index (χ0n) is 12.6. The van der Waals surface area contributed by atoms with E-state index in [4.69, 9.17) is 18.9 Å². The molecule has 10 atom stereocenters. The van der Waals surface area contributed by atoms with Crippen LogP contribution in [0.3, 0.4) is 0 Å². The van der Waals surface area contributed by atoms with Crippen LogP contribution in [-0.2, 0) is 18.9 Å². The van der Waals surface area contributed by atoms with Crippen molar-refractivity contribution in [1.82, 2.24) is 0 Å². The Bertz CT molecular complexity index is 365. The van der Waals surface area contributed by atoms with Crippen LogP contribution in [0.25, 0.3) is 0 Å². The van der Waals surface area contributed by atoms with E-state index in [1.807, 2.05) is 0 Å². The van der Waals surface area contributed by atoms with Crippen molar-refractivity contribution in [3.05, 3.63) is 0 Å². The molecule has 2 aliphatic heterocycles. The molecular formula is C13H24O9. The quantitative estimate of drug-likeness (QED) is 0.376. The molecule has 0 bridgehead atoms. The van der Waals surface area contributed by atoms with Crippen molar-refractivity contribution < 1.29 is 44.5 Å². The Hall–Kier alpha value is -0.360. The Balaban J connectivity index is 2.10. The topological polar surface area (TPSA) is 138 Å². The predicted molar refractivity (Wildman–Crippen MR) is 70.6 cm³/mol. The smallest absolute Gasteiger partial charge is 0.187 e. The highest BCUT2D eigenvalue weighted by atomic mass is 16.7. The number of aliphatic hydroxyl groups is 5. The Labute approximate surface area is 128 Å². The molecule has 0 aromatic heterocycles. The minimum atomic E-state index is -1.52. The maximum absolute atomic E-state index is 10.1. The van der Waals surface area contributed by atoms with Gasteiger partial charge in [-0.2, -0.15) is 0 Å². The van der Waals surface area contributed by atoms with E-state index in [2.05, 4.69) is 0 Å². The molecule has 0 aromatic rings. The van der Waals surface area contributed by atoms with Gasteiger partial charge in [-0.25, -0.2) is 0 Å². The van der Waals surface area contributed by atoms with E-state index in [0.29, 0.717) is 0 Å². The highest BCUT2D eigenvalue weighted by molar-refractivity contribution is 4.92. The van der Waals surface area contributed by atoms with Crippen molar-refractivity contribution in [2.24, 2.45) is 0 Å². The fourth-order valence-electron chi connectivity index (χ4n) is 2.62. The minimum absolute atomic E-state index is 0.664. The monoisotopic (exact) mass is 324 g/mol. The van der Waals surface area contributed by atoms with Crippen LogP contribution in [0.2, 0.25) is 0 Å². The maximum atomic E-state index is 10.1. The molecular weight excluding hydrogens is 300 g/mol. The minimum Gasteiger partial charge on any atom is -0.388 e. The zero-order valence-corrected chi connectivity index (χ0v) is 12.6. The van der Waals surface area contributed by atoms with Gasteiger partial charge in [0.1, 0.15) is 36.6 Å². The van der Waals surface area contributed by atoms with Gasteiger partial charge in [-0.3, -0.25) is 0 Å². The molecule has 0 aliphatic carbocycles. The lowest BCUT2D eigenvalue weighted by atomic mass is 9.98. The van der Waals surface area contributed by atoms with Gasteiger partial charge in [-0.1, -0.05) is 0 Å². The second kappa shape index (κ2) is 7.04. The van der Waals surface area contributed by atoms with Gasteiger partial charge in [0.2, 0.25) is 0 Å². The van der Waals surface area contributed by atoms with Crippen molar-refractivity contribution in [3.8, 4) is 0 Å². The molecule has 0 saturated carbocycles. The van der Waals surface area contributed by atoms with E-state index in [0.717, 1.165) is 0 Å². The van der Waals surface area contributed by atoms with E-state index in [9.17, 15) is 25.5 Å². The number of aliphatic hydroxyl groups excluding tert-OH is 5. The van der Waals surface area contributed by atoms with Crippen molar-refractivity contribution in [2.45, 2.75) is 75.3 Å². The first kappa shape index (κ1) is 18.0. The number of hydrogen-bond acceptors (Lipinski definition) is 9. The summed E-state index contributed by atoms with van der Waals surface area (Å²) in [5.74, 6) is 0. The highest BCUT2D eigenvalue weighted by Crippen LogP contribution is 2.29. The predicted octanol–water partition coefficient (Wildman–Crippen LogP) is -2.69. The van der Waals surface area contributed by atoms with E-state index < -0.39 is 61.4 Å². The van der Waals surface area contributed by atoms with Crippen LogP contribution >= 0.6 is 0 Å². The number of rotatable bonds is 3. The molecule has 0 spiro atoms. The van der Waals surface area contributed by atoms with Gasteiger partial charge >= 0.3 is 0 Å². The third kappa shape index (κ3) is 3.28. The summed E-state index contributed by atoms with van der Waals surface area (Å²) in [6.45, 7) is 3.08. The van der Waals surface area contributed by atoms with Crippen molar-refractivity contribution >= 4 is 0 Å². The van der Waals surface area contributed by atoms with E-state index in [1.165, 1.54) is 14.0 Å². The molecule has 2 saturated heterocycles. The average Bonchev–Trinajstić information content (AvgIpc) is 2.50. The summed E-state index contributed by atoms with van der Waals surface area (Å²) in [5.41, 5.74) is 0. The summed E-state index contributed by atoms with van der Waals surface area (Å²) in [7, 11) is 1.34. The molecule has 0 amide bonds. The molecule has 9 heteroatoms. The van der Waals surface area contributed by atoms with Crippen molar-refractivity contribution in [2.75, 3.05) is 7.11 Å². The van der Waals surface area contributed by atoms with E-state index in [1.54, 1.807) is 6.92 Å². The lowest BCUT2D eigenvalue weighted by Gasteiger charge is -2.45. The van der Waals surface area contributed by atoms with Gasteiger partial charge in [-0.15, -0.1) is 0 Å². The standard InChI is InChI=1S/C13H24O9/c1-4-6(14)8(16)10(18)12(20-4)22-11-9(17)7(15)5(2)21-13(11)19-3/h4-18H,1-3H3/t4-,5-,6-,7-,8+,9+,10+,11-,12-,13-/m0/s1. The molecule has 9 nitrogen and oxygen atoms in total. The third-order valence-electron chi connectivity index (χ3n) is 4.12. The summed E-state index contributed by atoms with van der Waals surface area (Å²) in [6, 6.07) is 0. The van der Waals surface area contributed by atoms with Crippen molar-refractivity contribution in [3.63, 3.8) is 0 Å². The molecule has 2 fully saturated rings. The first-order chi connectivity index (χ1) is 10.3. The average molecular weight is 324 g/mol. The maximum Gasteiger partial charge on any atom is 0.187 e. The zero-order chi connectivity index (χ0) is 16.6. The number of ether oxygens (including phenoxy) is 4. The largest absolute Gasteiger partial charge is 0.388 e. The van der Waals surface area contributed by atoms with Crippen LogP contribution in [0.4, 0.5) is 0 Å². The Morgan fingerprint density at radius 2 is 1.18 bits per heavy atom. The lowest BCUT2D eigenvalue weighted by molar-refractivity contribution is -0.359. The van der Waals surface area contributed by atoms with Gasteiger partial charge in [0.25, 0.3) is 0 Å². The summed E-state index contributed by atoms with van der Waals surface area (Å²) in [4.78, 5) is 0. The van der Waals surface area contributed by atoms with Crippen LogP contribution in [0.1, 0.15) is 13.8 Å². The molecule has 2 heterocycles. The number of hydrogen-bond donors (Lipinski definition) is 5. The molecule has 2 aliphatic rings. The highest BCUT2D eigenvalue weighted by Gasteiger charge is 2.49. The SMILES string of the molecule is CO[C@H]1O[C@@H](C)[C@H](O)[C@@H](O)[C@@H]1O[C@@H]1O[C@@H](C)[C@H](O)[C@@H](O)[C@H]1O. The fourth-order valence-corrected chi connectivity index (χ4v) is 2.62. The summed E-state index contributed by atoms with van der Waals surface area (Å²) >= 11 is 0. The molecule has 0 aromatic carbocycles. The van der Waals surface area contributed by atoms with Crippen LogP contribution in [0, 0.1) is 0 Å². The lowest BCUT2D eigenvalue weighted by Crippen LogP contribution is -2.63. The van der Waals surface area contributed by atoms with Gasteiger partial charge in [0.15, 0.2) is 12.6 Å². The Kier molecular flexibility index (Phi) is 5.75. The summed E-state index contributed by atoms with van der Waals surface area (Å²) in [6.07, 6.45) is -11.6. The summed E-state index contributed by atoms with van der Waals surface area (Å²) in [5, 5.41) is 49.3. The molecule has 2 rings (SSSR count). The first-order valence-electron chi connectivity index (χ1n) is 7.17. The van der Waals surface area contributed by atoms with Crippen LogP contribution < -0.4 is 0 Å². The molecule has 22 heavy (non-hydrogen) atoms. The fraction of sp³-hybridized carbons (Fsp3) is 1.00. The Morgan fingerprint density at radius 1 is 0.682 bits per heavy atom. The van der Waals surface area contributed by atoms with E-state index in [-0.39, 0.29) is 0 Å². The van der Waals surface area contributed by atoms with Crippen LogP contribution in [0.15, 0.2) is 0 Å². The first-order valence-corrected chi connectivity index (χ1v) is 7.17. The van der Waals surface area contributed by atoms with Crippen LogP contribution in [0.5, 0.6) is 0 Å². The van der Waals surface area contributed by atoms with Gasteiger partial charge in [0, 0.05) is 7.11 Å². The van der Waals surface area contributed by atoms with Crippen LogP contribution in [-0.4, -0.2) is 94.1 Å². The molecule has 0 radical (unpaired) electrons. The van der Waals surface area contributed by atoms with Crippen molar-refractivity contribution in [1.29, 1.82) is 0 Å². The molecule has 5 N–H and O–H groups in total. The van der Waals surface area contributed by atoms with Gasteiger partial charge in [-0.05, 0) is 13.8 Å².